The van der Waals surface area contributed by atoms with E-state index in [0.29, 0.717) is 0 Å². The molecular formula is C8H17NO4S. The number of hydrogen-bond acceptors (Lipinski definition) is 4. The van der Waals surface area contributed by atoms with Gasteiger partial charge in [0, 0.05) is 14.1 Å². The van der Waals surface area contributed by atoms with E-state index in [1.807, 2.05) is 0 Å². The average Bonchev–Trinajstić information content (AvgIpc) is 2.04. The molecule has 0 atom stereocenters. The van der Waals surface area contributed by atoms with Gasteiger partial charge in [0.1, 0.15) is 0 Å². The number of nitrogens with zero attached hydrogens (tertiary/aromatic N) is 1. The molecule has 0 amide bonds. The van der Waals surface area contributed by atoms with Crippen LogP contribution in [-0.4, -0.2) is 44.1 Å². The van der Waals surface area contributed by atoms with Gasteiger partial charge in [0.15, 0.2) is 4.75 Å². The lowest BCUT2D eigenvalue weighted by molar-refractivity contribution is -0.145. The highest BCUT2D eigenvalue weighted by molar-refractivity contribution is 7.91. The van der Waals surface area contributed by atoms with Crippen LogP contribution in [0.4, 0.5) is 0 Å². The molecule has 84 valence electrons. The lowest BCUT2D eigenvalue weighted by Crippen LogP contribution is -2.47. The minimum absolute atomic E-state index is 0.172. The number of carbonyl (C=O) groups is 1. The minimum atomic E-state index is -3.64. The normalized spacial score (nSPS) is 13.0. The maximum Gasteiger partial charge on any atom is 0.328 e. The van der Waals surface area contributed by atoms with E-state index >= 15 is 0 Å². The number of sulfonamides is 1. The van der Waals surface area contributed by atoms with Gasteiger partial charge in [-0.3, -0.25) is 4.79 Å². The summed E-state index contributed by atoms with van der Waals surface area (Å²) >= 11 is 0. The zero-order chi connectivity index (χ0) is 11.6. The molecule has 6 heteroatoms. The van der Waals surface area contributed by atoms with Gasteiger partial charge in [0.2, 0.25) is 10.0 Å². The van der Waals surface area contributed by atoms with Crippen molar-refractivity contribution in [2.24, 2.45) is 0 Å². The third-order valence-electron chi connectivity index (χ3n) is 1.89. The van der Waals surface area contributed by atoms with Crippen molar-refractivity contribution >= 4 is 16.0 Å². The van der Waals surface area contributed by atoms with E-state index in [-0.39, 0.29) is 6.61 Å². The summed E-state index contributed by atoms with van der Waals surface area (Å²) in [5, 5.41) is 0. The van der Waals surface area contributed by atoms with Crippen molar-refractivity contribution in [2.75, 3.05) is 20.7 Å². The molecule has 0 fully saturated rings. The molecule has 0 radical (unpaired) electrons. The lowest BCUT2D eigenvalue weighted by Gasteiger charge is -2.25. The summed E-state index contributed by atoms with van der Waals surface area (Å²) < 4.78 is 27.6. The van der Waals surface area contributed by atoms with E-state index in [1.165, 1.54) is 27.9 Å². The highest BCUT2D eigenvalue weighted by atomic mass is 32.2. The number of ether oxygens (including phenoxy) is 1. The molecule has 0 aliphatic heterocycles. The maximum atomic E-state index is 11.7. The first-order valence-corrected chi connectivity index (χ1v) is 5.71. The van der Waals surface area contributed by atoms with Crippen molar-refractivity contribution in [1.82, 2.24) is 4.31 Å². The standard InChI is InChI=1S/C8H17NO4S/c1-6-13-7(10)8(2,3)14(11,12)9(4)5/h6H2,1-5H3. The van der Waals surface area contributed by atoms with E-state index in [0.717, 1.165) is 4.31 Å². The smallest absolute Gasteiger partial charge is 0.328 e. The molecular weight excluding hydrogens is 206 g/mol. The van der Waals surface area contributed by atoms with Crippen molar-refractivity contribution in [1.29, 1.82) is 0 Å². The second-order valence-corrected chi connectivity index (χ2v) is 6.22. The fourth-order valence-electron chi connectivity index (χ4n) is 0.867. The minimum Gasteiger partial charge on any atom is -0.465 e. The van der Waals surface area contributed by atoms with Crippen LogP contribution in [0, 0.1) is 0 Å². The molecule has 0 aromatic heterocycles. The number of carbonyl (C=O) groups excluding carboxylic acids is 1. The number of rotatable bonds is 4. The van der Waals surface area contributed by atoms with Gasteiger partial charge in [0.05, 0.1) is 6.61 Å². The van der Waals surface area contributed by atoms with E-state index < -0.39 is 20.7 Å². The molecule has 0 saturated heterocycles. The SMILES string of the molecule is CCOC(=O)C(C)(C)S(=O)(=O)N(C)C. The monoisotopic (exact) mass is 223 g/mol. The van der Waals surface area contributed by atoms with Crippen molar-refractivity contribution in [3.05, 3.63) is 0 Å². The van der Waals surface area contributed by atoms with Crippen LogP contribution in [0.25, 0.3) is 0 Å². The highest BCUT2D eigenvalue weighted by Crippen LogP contribution is 2.20. The predicted octanol–water partition coefficient (Wildman–Crippen LogP) is 0.220. The molecule has 0 rings (SSSR count). The summed E-state index contributed by atoms with van der Waals surface area (Å²) in [6.45, 7) is 4.47. The van der Waals surface area contributed by atoms with Crippen LogP contribution in [0.5, 0.6) is 0 Å². The van der Waals surface area contributed by atoms with Gasteiger partial charge >= 0.3 is 5.97 Å². The Morgan fingerprint density at radius 1 is 1.36 bits per heavy atom. The summed E-state index contributed by atoms with van der Waals surface area (Å²) in [7, 11) is -0.869. The third-order valence-corrected chi connectivity index (χ3v) is 4.31. The molecule has 0 aromatic carbocycles. The molecule has 0 unspecified atom stereocenters. The Balaban J connectivity index is 5.06. The van der Waals surface area contributed by atoms with Crippen LogP contribution in [0.3, 0.4) is 0 Å². The van der Waals surface area contributed by atoms with Crippen molar-refractivity contribution < 1.29 is 17.9 Å². The maximum absolute atomic E-state index is 11.7. The molecule has 0 spiro atoms. The van der Waals surface area contributed by atoms with Gasteiger partial charge in [-0.2, -0.15) is 0 Å². The Labute approximate surface area is 85.1 Å². The highest BCUT2D eigenvalue weighted by Gasteiger charge is 2.44. The Hall–Kier alpha value is -0.620. The summed E-state index contributed by atoms with van der Waals surface area (Å²) in [6.07, 6.45) is 0. The van der Waals surface area contributed by atoms with E-state index in [1.54, 1.807) is 6.92 Å². The Kier molecular flexibility index (Phi) is 4.08. The molecule has 0 aromatic rings. The van der Waals surface area contributed by atoms with Crippen molar-refractivity contribution in [3.63, 3.8) is 0 Å². The molecule has 0 aliphatic carbocycles. The summed E-state index contributed by atoms with van der Waals surface area (Å²) in [5.41, 5.74) is 0. The average molecular weight is 223 g/mol. The predicted molar refractivity (Wildman–Crippen MR) is 53.3 cm³/mol. The molecule has 0 bridgehead atoms. The van der Waals surface area contributed by atoms with Crippen LogP contribution < -0.4 is 0 Å². The van der Waals surface area contributed by atoms with Gasteiger partial charge < -0.3 is 4.74 Å². The number of esters is 1. The topological polar surface area (TPSA) is 63.7 Å². The van der Waals surface area contributed by atoms with Crippen LogP contribution >= 0.6 is 0 Å². The van der Waals surface area contributed by atoms with Crippen LogP contribution in [-0.2, 0) is 19.6 Å². The second-order valence-electron chi connectivity index (χ2n) is 3.52. The fraction of sp³-hybridized carbons (Fsp3) is 0.875. The first kappa shape index (κ1) is 13.4. The summed E-state index contributed by atoms with van der Waals surface area (Å²) in [6, 6.07) is 0. The Morgan fingerprint density at radius 2 is 1.79 bits per heavy atom. The first-order chi connectivity index (χ1) is 6.17. The molecule has 0 saturated carbocycles. The Morgan fingerprint density at radius 3 is 2.07 bits per heavy atom. The zero-order valence-corrected chi connectivity index (χ0v) is 10.0. The van der Waals surface area contributed by atoms with E-state index in [2.05, 4.69) is 0 Å². The summed E-state index contributed by atoms with van der Waals surface area (Å²) in [4.78, 5) is 11.4. The second kappa shape index (κ2) is 4.27. The van der Waals surface area contributed by atoms with E-state index in [4.69, 9.17) is 4.74 Å². The Bertz CT molecular complexity index is 305. The first-order valence-electron chi connectivity index (χ1n) is 4.27. The largest absolute Gasteiger partial charge is 0.465 e. The van der Waals surface area contributed by atoms with E-state index in [9.17, 15) is 13.2 Å². The van der Waals surface area contributed by atoms with Gasteiger partial charge in [-0.1, -0.05) is 0 Å². The van der Waals surface area contributed by atoms with Gasteiger partial charge in [0.25, 0.3) is 0 Å². The van der Waals surface area contributed by atoms with Gasteiger partial charge in [-0.25, -0.2) is 12.7 Å². The molecule has 14 heavy (non-hydrogen) atoms. The lowest BCUT2D eigenvalue weighted by atomic mass is 10.2. The third kappa shape index (κ3) is 2.24. The molecule has 0 heterocycles. The van der Waals surface area contributed by atoms with Gasteiger partial charge in [-0.05, 0) is 20.8 Å². The molecule has 5 nitrogen and oxygen atoms in total. The van der Waals surface area contributed by atoms with Crippen LogP contribution in [0.15, 0.2) is 0 Å². The zero-order valence-electron chi connectivity index (χ0n) is 9.20. The summed E-state index contributed by atoms with van der Waals surface area (Å²) in [5.74, 6) is -0.728. The molecule has 0 N–H and O–H groups in total. The van der Waals surface area contributed by atoms with Crippen LogP contribution in [0.2, 0.25) is 0 Å². The van der Waals surface area contributed by atoms with Gasteiger partial charge in [-0.15, -0.1) is 0 Å². The van der Waals surface area contributed by atoms with Crippen molar-refractivity contribution in [2.45, 2.75) is 25.5 Å². The number of hydrogen-bond donors (Lipinski definition) is 0. The molecule has 0 aliphatic rings. The van der Waals surface area contributed by atoms with Crippen molar-refractivity contribution in [3.8, 4) is 0 Å². The fourth-order valence-corrected chi connectivity index (χ4v) is 2.05. The quantitative estimate of drug-likeness (QED) is 0.640. The van der Waals surface area contributed by atoms with Crippen LogP contribution in [0.1, 0.15) is 20.8 Å².